The van der Waals surface area contributed by atoms with Crippen LogP contribution in [0.2, 0.25) is 0 Å². The number of thiophene rings is 1. The van der Waals surface area contributed by atoms with Gasteiger partial charge in [-0.05, 0) is 40.2 Å². The molecule has 0 aliphatic rings. The van der Waals surface area contributed by atoms with Gasteiger partial charge in [0.25, 0.3) is 0 Å². The van der Waals surface area contributed by atoms with Crippen LogP contribution in [-0.2, 0) is 16.6 Å². The molecule has 0 fully saturated rings. The summed E-state index contributed by atoms with van der Waals surface area (Å²) >= 11 is 5.00. The first kappa shape index (κ1) is 14.3. The number of halogens is 1. The molecule has 0 radical (unpaired) electrons. The lowest BCUT2D eigenvalue weighted by molar-refractivity contribution is 0.598. The van der Waals surface area contributed by atoms with Crippen molar-refractivity contribution < 1.29 is 8.42 Å². The van der Waals surface area contributed by atoms with E-state index < -0.39 is 10.0 Å². The van der Waals surface area contributed by atoms with Gasteiger partial charge in [-0.1, -0.05) is 0 Å². The van der Waals surface area contributed by atoms with Crippen molar-refractivity contribution in [3.8, 4) is 0 Å². The summed E-state index contributed by atoms with van der Waals surface area (Å²) in [5, 5.41) is 10.2. The topological polar surface area (TPSA) is 98.2 Å². The molecule has 19 heavy (non-hydrogen) atoms. The molecular formula is C11H12BrN3O2S2. The second-order valence-electron chi connectivity index (χ2n) is 3.88. The summed E-state index contributed by atoms with van der Waals surface area (Å²) in [6.45, 7) is 0.620. The zero-order chi connectivity index (χ0) is 14.0. The van der Waals surface area contributed by atoms with Gasteiger partial charge < -0.3 is 11.1 Å². The van der Waals surface area contributed by atoms with Crippen LogP contribution in [0.4, 0.5) is 11.4 Å². The number of hydrogen-bond acceptors (Lipinski definition) is 5. The van der Waals surface area contributed by atoms with Gasteiger partial charge in [-0.15, -0.1) is 11.3 Å². The van der Waals surface area contributed by atoms with Crippen LogP contribution < -0.4 is 16.2 Å². The molecule has 102 valence electrons. The average Bonchev–Trinajstić information content (AvgIpc) is 2.72. The Morgan fingerprint density at radius 3 is 2.58 bits per heavy atom. The van der Waals surface area contributed by atoms with Gasteiger partial charge in [0.2, 0.25) is 10.0 Å². The lowest BCUT2D eigenvalue weighted by Gasteiger charge is -2.09. The molecule has 5 N–H and O–H groups in total. The van der Waals surface area contributed by atoms with E-state index in [-0.39, 0.29) is 4.90 Å². The minimum Gasteiger partial charge on any atom is -0.397 e. The van der Waals surface area contributed by atoms with E-state index in [0.717, 1.165) is 9.35 Å². The van der Waals surface area contributed by atoms with Crippen LogP contribution in [0.3, 0.4) is 0 Å². The number of sulfonamides is 1. The van der Waals surface area contributed by atoms with Crippen LogP contribution in [0, 0.1) is 0 Å². The first-order chi connectivity index (χ1) is 8.86. The summed E-state index contributed by atoms with van der Waals surface area (Å²) in [6, 6.07) is 6.39. The molecule has 5 nitrogen and oxygen atoms in total. The van der Waals surface area contributed by atoms with Crippen molar-refractivity contribution in [2.75, 3.05) is 11.1 Å². The molecule has 1 heterocycles. The van der Waals surface area contributed by atoms with Crippen LogP contribution >= 0.6 is 27.3 Å². The Kier molecular flexibility index (Phi) is 4.14. The second-order valence-corrected chi connectivity index (χ2v) is 7.35. The molecule has 0 bridgehead atoms. The van der Waals surface area contributed by atoms with Gasteiger partial charge in [-0.2, -0.15) is 0 Å². The van der Waals surface area contributed by atoms with Gasteiger partial charge in [0.15, 0.2) is 0 Å². The third-order valence-electron chi connectivity index (χ3n) is 2.43. The highest BCUT2D eigenvalue weighted by Crippen LogP contribution is 2.24. The SMILES string of the molecule is Nc1cc(S(N)(=O)=O)ccc1NCc1cc(Br)cs1. The highest BCUT2D eigenvalue weighted by atomic mass is 79.9. The second kappa shape index (κ2) is 5.49. The third-order valence-corrected chi connectivity index (χ3v) is 5.04. The normalized spacial score (nSPS) is 11.5. The van der Waals surface area contributed by atoms with Gasteiger partial charge in [-0.3, -0.25) is 0 Å². The quantitative estimate of drug-likeness (QED) is 0.727. The number of nitrogens with two attached hydrogens (primary N) is 2. The Morgan fingerprint density at radius 1 is 1.32 bits per heavy atom. The van der Waals surface area contributed by atoms with E-state index in [1.54, 1.807) is 17.4 Å². The maximum atomic E-state index is 11.2. The van der Waals surface area contributed by atoms with Crippen molar-refractivity contribution in [2.24, 2.45) is 5.14 Å². The Hall–Kier alpha value is -1.09. The van der Waals surface area contributed by atoms with Gasteiger partial charge >= 0.3 is 0 Å². The average molecular weight is 362 g/mol. The van der Waals surface area contributed by atoms with Gasteiger partial charge in [-0.25, -0.2) is 13.6 Å². The fraction of sp³-hybridized carbons (Fsp3) is 0.0909. The number of nitrogens with one attached hydrogen (secondary N) is 1. The fourth-order valence-electron chi connectivity index (χ4n) is 1.51. The van der Waals surface area contributed by atoms with E-state index in [2.05, 4.69) is 21.2 Å². The Morgan fingerprint density at radius 2 is 2.05 bits per heavy atom. The summed E-state index contributed by atoms with van der Waals surface area (Å²) < 4.78 is 23.4. The summed E-state index contributed by atoms with van der Waals surface area (Å²) in [4.78, 5) is 1.15. The lowest BCUT2D eigenvalue weighted by Crippen LogP contribution is -2.13. The van der Waals surface area contributed by atoms with Crippen LogP contribution in [0.5, 0.6) is 0 Å². The maximum absolute atomic E-state index is 11.2. The lowest BCUT2D eigenvalue weighted by atomic mass is 10.2. The number of anilines is 2. The number of hydrogen-bond donors (Lipinski definition) is 3. The number of nitrogen functional groups attached to an aromatic ring is 1. The monoisotopic (exact) mass is 361 g/mol. The van der Waals surface area contributed by atoms with Gasteiger partial charge in [0.1, 0.15) is 0 Å². The van der Waals surface area contributed by atoms with E-state index in [1.165, 1.54) is 12.1 Å². The molecule has 2 rings (SSSR count). The van der Waals surface area contributed by atoms with Crippen LogP contribution in [-0.4, -0.2) is 8.42 Å². The molecule has 0 atom stereocenters. The molecular weight excluding hydrogens is 350 g/mol. The predicted molar refractivity (Wildman–Crippen MR) is 81.6 cm³/mol. The summed E-state index contributed by atoms with van der Waals surface area (Å²) in [5.41, 5.74) is 6.83. The minimum absolute atomic E-state index is 0.00872. The molecule has 0 aliphatic carbocycles. The van der Waals surface area contributed by atoms with E-state index in [4.69, 9.17) is 10.9 Å². The Balaban J connectivity index is 2.14. The van der Waals surface area contributed by atoms with Crippen molar-refractivity contribution in [1.82, 2.24) is 0 Å². The summed E-state index contributed by atoms with van der Waals surface area (Å²) in [6.07, 6.45) is 0. The molecule has 1 aromatic carbocycles. The minimum atomic E-state index is -3.72. The number of rotatable bonds is 4. The highest BCUT2D eigenvalue weighted by Gasteiger charge is 2.10. The van der Waals surface area contributed by atoms with Crippen LogP contribution in [0.15, 0.2) is 39.0 Å². The largest absolute Gasteiger partial charge is 0.397 e. The Bertz CT molecular complexity index is 698. The molecule has 0 saturated heterocycles. The maximum Gasteiger partial charge on any atom is 0.238 e. The van der Waals surface area contributed by atoms with E-state index in [0.29, 0.717) is 17.9 Å². The summed E-state index contributed by atoms with van der Waals surface area (Å²) in [7, 11) is -3.72. The molecule has 0 unspecified atom stereocenters. The van der Waals surface area contributed by atoms with Crippen molar-refractivity contribution >= 4 is 48.7 Å². The smallest absolute Gasteiger partial charge is 0.238 e. The highest BCUT2D eigenvalue weighted by molar-refractivity contribution is 9.10. The molecule has 0 aliphatic heterocycles. The van der Waals surface area contributed by atoms with Crippen molar-refractivity contribution in [3.05, 3.63) is 39.0 Å². The van der Waals surface area contributed by atoms with E-state index >= 15 is 0 Å². The standard InChI is InChI=1S/C11H12BrN3O2S2/c12-7-3-8(18-6-7)5-15-11-2-1-9(4-10(11)13)19(14,16)17/h1-4,6,15H,5,13H2,(H2,14,16,17). The van der Waals surface area contributed by atoms with Crippen LogP contribution in [0.1, 0.15) is 4.88 Å². The van der Waals surface area contributed by atoms with Gasteiger partial charge in [0.05, 0.1) is 16.3 Å². The molecule has 8 heteroatoms. The van der Waals surface area contributed by atoms with Gasteiger partial charge in [0, 0.05) is 21.3 Å². The van der Waals surface area contributed by atoms with E-state index in [9.17, 15) is 8.42 Å². The fourth-order valence-corrected chi connectivity index (χ4v) is 3.45. The molecule has 0 saturated carbocycles. The number of benzene rings is 1. The van der Waals surface area contributed by atoms with Crippen molar-refractivity contribution in [1.29, 1.82) is 0 Å². The van der Waals surface area contributed by atoms with Crippen molar-refractivity contribution in [2.45, 2.75) is 11.4 Å². The predicted octanol–water partition coefficient (Wildman–Crippen LogP) is 2.35. The molecule has 0 amide bonds. The third kappa shape index (κ3) is 3.69. The van der Waals surface area contributed by atoms with Crippen molar-refractivity contribution in [3.63, 3.8) is 0 Å². The van der Waals surface area contributed by atoms with E-state index in [1.807, 2.05) is 11.4 Å². The first-order valence-electron chi connectivity index (χ1n) is 5.25. The zero-order valence-corrected chi connectivity index (χ0v) is 13.0. The Labute approximate surface area is 123 Å². The van der Waals surface area contributed by atoms with Crippen LogP contribution in [0.25, 0.3) is 0 Å². The molecule has 2 aromatic rings. The molecule has 0 spiro atoms. The number of primary sulfonamides is 1. The first-order valence-corrected chi connectivity index (χ1v) is 8.47. The zero-order valence-electron chi connectivity index (χ0n) is 9.76. The summed E-state index contributed by atoms with van der Waals surface area (Å²) in [5.74, 6) is 0. The molecule has 1 aromatic heterocycles.